The van der Waals surface area contributed by atoms with Crippen molar-refractivity contribution in [1.29, 1.82) is 0 Å². The van der Waals surface area contributed by atoms with Crippen LogP contribution in [-0.2, 0) is 6.42 Å². The van der Waals surface area contributed by atoms with Gasteiger partial charge in [0.2, 0.25) is 0 Å². The van der Waals surface area contributed by atoms with Crippen LogP contribution in [0.3, 0.4) is 0 Å². The Balaban J connectivity index is 1.98. The number of anilines is 1. The first-order chi connectivity index (χ1) is 8.17. The van der Waals surface area contributed by atoms with Gasteiger partial charge in [-0.25, -0.2) is 9.97 Å². The lowest BCUT2D eigenvalue weighted by atomic mass is 9.86. The van der Waals surface area contributed by atoms with Gasteiger partial charge in [0.05, 0.1) is 5.54 Å². The largest absolute Gasteiger partial charge is 0.353 e. The molecular weight excluding hydrogens is 212 g/mol. The molecule has 0 aliphatic carbocycles. The SMILES string of the molecule is CCCc1cc(N2CC(N)(CCC)C2)ncn1. The summed E-state index contributed by atoms with van der Waals surface area (Å²) >= 11 is 0. The predicted octanol–water partition coefficient (Wildman–Crippen LogP) is 1.75. The molecule has 0 atom stereocenters. The summed E-state index contributed by atoms with van der Waals surface area (Å²) in [4.78, 5) is 10.8. The van der Waals surface area contributed by atoms with Crippen molar-refractivity contribution < 1.29 is 0 Å². The van der Waals surface area contributed by atoms with E-state index in [4.69, 9.17) is 5.73 Å². The third-order valence-electron chi connectivity index (χ3n) is 3.30. The zero-order valence-corrected chi connectivity index (χ0v) is 10.8. The van der Waals surface area contributed by atoms with E-state index in [1.807, 2.05) is 0 Å². The first-order valence-corrected chi connectivity index (χ1v) is 6.51. The molecule has 1 aromatic rings. The van der Waals surface area contributed by atoms with Crippen molar-refractivity contribution in [2.45, 2.75) is 45.1 Å². The number of hydrogen-bond donors (Lipinski definition) is 1. The normalized spacial score (nSPS) is 17.9. The Morgan fingerprint density at radius 2 is 2.06 bits per heavy atom. The van der Waals surface area contributed by atoms with Gasteiger partial charge in [0.1, 0.15) is 12.1 Å². The smallest absolute Gasteiger partial charge is 0.132 e. The van der Waals surface area contributed by atoms with Crippen molar-refractivity contribution in [3.05, 3.63) is 18.1 Å². The third kappa shape index (κ3) is 2.75. The van der Waals surface area contributed by atoms with Gasteiger partial charge in [0, 0.05) is 24.8 Å². The second kappa shape index (κ2) is 5.00. The van der Waals surface area contributed by atoms with Gasteiger partial charge in [-0.3, -0.25) is 0 Å². The van der Waals surface area contributed by atoms with Crippen molar-refractivity contribution in [2.24, 2.45) is 5.73 Å². The lowest BCUT2D eigenvalue weighted by Crippen LogP contribution is -2.67. The van der Waals surface area contributed by atoms with Gasteiger partial charge in [-0.1, -0.05) is 26.7 Å². The van der Waals surface area contributed by atoms with Gasteiger partial charge in [-0.05, 0) is 12.8 Å². The van der Waals surface area contributed by atoms with E-state index in [-0.39, 0.29) is 5.54 Å². The van der Waals surface area contributed by atoms with Gasteiger partial charge in [0.25, 0.3) is 0 Å². The van der Waals surface area contributed by atoms with Gasteiger partial charge in [0.15, 0.2) is 0 Å². The summed E-state index contributed by atoms with van der Waals surface area (Å²) in [6.45, 7) is 6.19. The molecule has 2 rings (SSSR count). The number of aryl methyl sites for hydroxylation is 1. The maximum absolute atomic E-state index is 6.25. The molecule has 17 heavy (non-hydrogen) atoms. The summed E-state index contributed by atoms with van der Waals surface area (Å²) in [5.41, 5.74) is 7.38. The lowest BCUT2D eigenvalue weighted by Gasteiger charge is -2.48. The summed E-state index contributed by atoms with van der Waals surface area (Å²) in [5.74, 6) is 1.03. The molecule has 0 saturated carbocycles. The first-order valence-electron chi connectivity index (χ1n) is 6.51. The van der Waals surface area contributed by atoms with Crippen molar-refractivity contribution in [1.82, 2.24) is 9.97 Å². The molecule has 1 aliphatic rings. The fourth-order valence-electron chi connectivity index (χ4n) is 2.48. The first kappa shape index (κ1) is 12.3. The van der Waals surface area contributed by atoms with Crippen molar-refractivity contribution in [2.75, 3.05) is 18.0 Å². The van der Waals surface area contributed by atoms with Crippen LogP contribution in [-0.4, -0.2) is 28.6 Å². The van der Waals surface area contributed by atoms with Crippen molar-refractivity contribution in [3.63, 3.8) is 0 Å². The van der Waals surface area contributed by atoms with E-state index in [0.29, 0.717) is 0 Å². The maximum atomic E-state index is 6.25. The molecule has 0 unspecified atom stereocenters. The molecule has 4 heteroatoms. The Morgan fingerprint density at radius 1 is 1.29 bits per heavy atom. The Hall–Kier alpha value is -1.16. The lowest BCUT2D eigenvalue weighted by molar-refractivity contribution is 0.305. The van der Waals surface area contributed by atoms with E-state index >= 15 is 0 Å². The molecule has 0 spiro atoms. The highest BCUT2D eigenvalue weighted by Crippen LogP contribution is 2.27. The fraction of sp³-hybridized carbons (Fsp3) is 0.692. The van der Waals surface area contributed by atoms with Gasteiger partial charge in [-0.2, -0.15) is 0 Å². The Bertz CT molecular complexity index is 371. The molecule has 1 aromatic heterocycles. The molecule has 1 saturated heterocycles. The molecule has 1 fully saturated rings. The van der Waals surface area contributed by atoms with Crippen LogP contribution < -0.4 is 10.6 Å². The summed E-state index contributed by atoms with van der Waals surface area (Å²) in [6.07, 6.45) is 6.04. The topological polar surface area (TPSA) is 55.0 Å². The van der Waals surface area contributed by atoms with E-state index in [0.717, 1.165) is 50.3 Å². The average Bonchev–Trinajstić information content (AvgIpc) is 2.27. The van der Waals surface area contributed by atoms with Gasteiger partial charge < -0.3 is 10.6 Å². The van der Waals surface area contributed by atoms with E-state index in [1.54, 1.807) is 6.33 Å². The number of nitrogens with zero attached hydrogens (tertiary/aromatic N) is 3. The maximum Gasteiger partial charge on any atom is 0.132 e. The van der Waals surface area contributed by atoms with Gasteiger partial charge in [-0.15, -0.1) is 0 Å². The molecule has 0 aromatic carbocycles. The minimum absolute atomic E-state index is 0.00458. The molecule has 0 amide bonds. The second-order valence-corrected chi connectivity index (χ2v) is 5.09. The summed E-state index contributed by atoms with van der Waals surface area (Å²) < 4.78 is 0. The Morgan fingerprint density at radius 3 is 2.71 bits per heavy atom. The Labute approximate surface area is 103 Å². The van der Waals surface area contributed by atoms with E-state index in [2.05, 4.69) is 34.8 Å². The Kier molecular flexibility index (Phi) is 3.62. The number of hydrogen-bond acceptors (Lipinski definition) is 4. The van der Waals surface area contributed by atoms with Crippen LogP contribution in [0.4, 0.5) is 5.82 Å². The van der Waals surface area contributed by atoms with Crippen molar-refractivity contribution >= 4 is 5.82 Å². The van der Waals surface area contributed by atoms with Crippen LogP contribution >= 0.6 is 0 Å². The van der Waals surface area contributed by atoms with Crippen LogP contribution in [0.1, 0.15) is 38.8 Å². The summed E-state index contributed by atoms with van der Waals surface area (Å²) in [5, 5.41) is 0. The standard InChI is InChI=1S/C13H22N4/c1-3-5-11-7-12(16-10-15-11)17-8-13(14,9-17)6-4-2/h7,10H,3-6,8-9,14H2,1-2H3. The predicted molar refractivity (Wildman–Crippen MR) is 70.1 cm³/mol. The highest BCUT2D eigenvalue weighted by atomic mass is 15.3. The minimum atomic E-state index is 0.00458. The molecule has 0 radical (unpaired) electrons. The average molecular weight is 234 g/mol. The number of nitrogens with two attached hydrogens (primary N) is 1. The quantitative estimate of drug-likeness (QED) is 0.843. The van der Waals surface area contributed by atoms with Crippen LogP contribution in [0.25, 0.3) is 0 Å². The number of aromatic nitrogens is 2. The highest BCUT2D eigenvalue weighted by molar-refractivity contribution is 5.44. The zero-order chi connectivity index (χ0) is 12.3. The van der Waals surface area contributed by atoms with Crippen LogP contribution in [0.2, 0.25) is 0 Å². The fourth-order valence-corrected chi connectivity index (χ4v) is 2.48. The van der Waals surface area contributed by atoms with Crippen LogP contribution in [0, 0.1) is 0 Å². The molecule has 4 nitrogen and oxygen atoms in total. The van der Waals surface area contributed by atoms with E-state index in [1.165, 1.54) is 0 Å². The summed E-state index contributed by atoms with van der Waals surface area (Å²) in [6, 6.07) is 2.09. The van der Waals surface area contributed by atoms with Crippen molar-refractivity contribution in [3.8, 4) is 0 Å². The van der Waals surface area contributed by atoms with E-state index < -0.39 is 0 Å². The monoisotopic (exact) mass is 234 g/mol. The van der Waals surface area contributed by atoms with E-state index in [9.17, 15) is 0 Å². The minimum Gasteiger partial charge on any atom is -0.353 e. The molecule has 1 aliphatic heterocycles. The molecular formula is C13H22N4. The molecule has 94 valence electrons. The zero-order valence-electron chi connectivity index (χ0n) is 10.8. The molecule has 2 N–H and O–H groups in total. The molecule has 2 heterocycles. The summed E-state index contributed by atoms with van der Waals surface area (Å²) in [7, 11) is 0. The number of rotatable bonds is 5. The third-order valence-corrected chi connectivity index (χ3v) is 3.30. The highest BCUT2D eigenvalue weighted by Gasteiger charge is 2.39. The van der Waals surface area contributed by atoms with Crippen LogP contribution in [0.5, 0.6) is 0 Å². The van der Waals surface area contributed by atoms with Gasteiger partial charge >= 0.3 is 0 Å². The molecule has 0 bridgehead atoms. The van der Waals surface area contributed by atoms with Crippen LogP contribution in [0.15, 0.2) is 12.4 Å². The second-order valence-electron chi connectivity index (χ2n) is 5.09.